The van der Waals surface area contributed by atoms with Gasteiger partial charge in [0, 0.05) is 12.3 Å². The van der Waals surface area contributed by atoms with Crippen LogP contribution in [0.5, 0.6) is 0 Å². The number of amides is 2. The second-order valence-corrected chi connectivity index (χ2v) is 4.68. The summed E-state index contributed by atoms with van der Waals surface area (Å²) in [5, 5.41) is 8.79. The molecular weight excluding hydrogens is 228 g/mol. The maximum absolute atomic E-state index is 11.8. The number of carbonyl (C=O) groups excluding carboxylic acids is 2. The first kappa shape index (κ1) is 12.3. The molecule has 4 heteroatoms. The summed E-state index contributed by atoms with van der Waals surface area (Å²) in [5.74, 6) is -0.434. The largest absolute Gasteiger partial charge is 0.278 e. The minimum atomic E-state index is -0.212. The fraction of sp³-hybridized carbons (Fsp3) is 0.357. The van der Waals surface area contributed by atoms with Gasteiger partial charge in [0.25, 0.3) is 0 Å². The van der Waals surface area contributed by atoms with Crippen molar-refractivity contribution >= 4 is 11.8 Å². The minimum Gasteiger partial charge on any atom is -0.278 e. The van der Waals surface area contributed by atoms with E-state index in [4.69, 9.17) is 5.26 Å². The molecule has 1 aliphatic rings. The lowest BCUT2D eigenvalue weighted by Gasteiger charge is -2.16. The van der Waals surface area contributed by atoms with E-state index in [-0.39, 0.29) is 17.7 Å². The molecule has 0 aromatic heterocycles. The standard InChI is InChI=1S/C14H14N2O2/c1-9-5-11(7-15)3-4-12(9)8-16-13(17)6-10(2)14(16)18/h3-5,10H,6,8H2,1-2H3. The fourth-order valence-corrected chi connectivity index (χ4v) is 2.13. The lowest BCUT2D eigenvalue weighted by atomic mass is 10.1. The Morgan fingerprint density at radius 1 is 1.44 bits per heavy atom. The van der Waals surface area contributed by atoms with Gasteiger partial charge >= 0.3 is 0 Å². The van der Waals surface area contributed by atoms with Crippen LogP contribution < -0.4 is 0 Å². The number of likely N-dealkylation sites (tertiary alicyclic amines) is 1. The van der Waals surface area contributed by atoms with Crippen molar-refractivity contribution in [2.45, 2.75) is 26.8 Å². The van der Waals surface area contributed by atoms with E-state index in [9.17, 15) is 9.59 Å². The zero-order valence-corrected chi connectivity index (χ0v) is 10.4. The van der Waals surface area contributed by atoms with Gasteiger partial charge in [-0.1, -0.05) is 13.0 Å². The SMILES string of the molecule is Cc1cc(C#N)ccc1CN1C(=O)CC(C)C1=O. The lowest BCUT2D eigenvalue weighted by molar-refractivity contribution is -0.139. The molecule has 1 heterocycles. The van der Waals surface area contributed by atoms with Crippen molar-refractivity contribution in [3.8, 4) is 6.07 Å². The summed E-state index contributed by atoms with van der Waals surface area (Å²) in [6, 6.07) is 7.34. The van der Waals surface area contributed by atoms with Crippen molar-refractivity contribution in [3.05, 3.63) is 34.9 Å². The molecule has 1 fully saturated rings. The number of carbonyl (C=O) groups is 2. The van der Waals surface area contributed by atoms with E-state index in [2.05, 4.69) is 6.07 Å². The molecule has 0 radical (unpaired) electrons. The smallest absolute Gasteiger partial charge is 0.232 e. The average Bonchev–Trinajstić information content (AvgIpc) is 2.58. The molecule has 92 valence electrons. The third-order valence-corrected chi connectivity index (χ3v) is 3.27. The summed E-state index contributed by atoms with van der Waals surface area (Å²) < 4.78 is 0. The molecule has 1 unspecified atom stereocenters. The Morgan fingerprint density at radius 3 is 2.67 bits per heavy atom. The Kier molecular flexibility index (Phi) is 3.15. The molecule has 1 aromatic carbocycles. The number of hydrogen-bond donors (Lipinski definition) is 0. The van der Waals surface area contributed by atoms with Crippen molar-refractivity contribution in [3.63, 3.8) is 0 Å². The maximum atomic E-state index is 11.8. The highest BCUT2D eigenvalue weighted by atomic mass is 16.2. The average molecular weight is 242 g/mol. The van der Waals surface area contributed by atoms with Crippen molar-refractivity contribution in [2.75, 3.05) is 0 Å². The summed E-state index contributed by atoms with van der Waals surface area (Å²) in [4.78, 5) is 24.8. The first-order chi connectivity index (χ1) is 8.52. The van der Waals surface area contributed by atoms with Crippen LogP contribution in [-0.2, 0) is 16.1 Å². The molecule has 1 aliphatic heterocycles. The first-order valence-corrected chi connectivity index (χ1v) is 5.86. The second kappa shape index (κ2) is 4.61. The van der Waals surface area contributed by atoms with Gasteiger partial charge in [-0.3, -0.25) is 14.5 Å². The number of aryl methyl sites for hydroxylation is 1. The van der Waals surface area contributed by atoms with Gasteiger partial charge in [0.2, 0.25) is 11.8 Å². The summed E-state index contributed by atoms with van der Waals surface area (Å²) in [6.45, 7) is 3.95. The zero-order valence-electron chi connectivity index (χ0n) is 10.4. The Hall–Kier alpha value is -2.15. The van der Waals surface area contributed by atoms with Crippen molar-refractivity contribution in [1.29, 1.82) is 5.26 Å². The number of rotatable bonds is 2. The van der Waals surface area contributed by atoms with E-state index in [1.54, 1.807) is 25.1 Å². The van der Waals surface area contributed by atoms with Crippen molar-refractivity contribution < 1.29 is 9.59 Å². The molecule has 0 spiro atoms. The summed E-state index contributed by atoms with van der Waals surface area (Å²) in [7, 11) is 0. The molecule has 0 bridgehead atoms. The van der Waals surface area contributed by atoms with Crippen molar-refractivity contribution in [2.24, 2.45) is 5.92 Å². The number of benzene rings is 1. The molecular formula is C14H14N2O2. The maximum Gasteiger partial charge on any atom is 0.232 e. The summed E-state index contributed by atoms with van der Waals surface area (Å²) in [6.07, 6.45) is 0.300. The topological polar surface area (TPSA) is 61.2 Å². The number of hydrogen-bond acceptors (Lipinski definition) is 3. The van der Waals surface area contributed by atoms with Gasteiger partial charge in [-0.15, -0.1) is 0 Å². The molecule has 1 atom stereocenters. The van der Waals surface area contributed by atoms with Gasteiger partial charge in [0.15, 0.2) is 0 Å². The van der Waals surface area contributed by atoms with Gasteiger partial charge in [-0.25, -0.2) is 0 Å². The molecule has 2 amide bonds. The molecule has 0 aliphatic carbocycles. The van der Waals surface area contributed by atoms with E-state index in [0.29, 0.717) is 18.5 Å². The Balaban J connectivity index is 2.23. The Bertz CT molecular complexity index is 557. The van der Waals surface area contributed by atoms with Gasteiger partial charge in [-0.2, -0.15) is 5.26 Å². The molecule has 0 saturated carbocycles. The van der Waals surface area contributed by atoms with Crippen LogP contribution in [0.3, 0.4) is 0 Å². The molecule has 18 heavy (non-hydrogen) atoms. The second-order valence-electron chi connectivity index (χ2n) is 4.68. The predicted octanol–water partition coefficient (Wildman–Crippen LogP) is 1.76. The van der Waals surface area contributed by atoms with E-state index in [1.807, 2.05) is 6.92 Å². The summed E-state index contributed by atoms with van der Waals surface area (Å²) >= 11 is 0. The van der Waals surface area contributed by atoms with Crippen LogP contribution in [0.2, 0.25) is 0 Å². The monoisotopic (exact) mass is 242 g/mol. The van der Waals surface area contributed by atoms with E-state index < -0.39 is 0 Å². The number of nitrogens with zero attached hydrogens (tertiary/aromatic N) is 2. The van der Waals surface area contributed by atoms with Crippen LogP contribution in [0.4, 0.5) is 0 Å². The number of imide groups is 1. The predicted molar refractivity (Wildman–Crippen MR) is 65.2 cm³/mol. The lowest BCUT2D eigenvalue weighted by Crippen LogP contribution is -2.30. The van der Waals surface area contributed by atoms with Gasteiger partial charge < -0.3 is 0 Å². The first-order valence-electron chi connectivity index (χ1n) is 5.86. The minimum absolute atomic E-state index is 0.108. The highest BCUT2D eigenvalue weighted by Gasteiger charge is 2.35. The third-order valence-electron chi connectivity index (χ3n) is 3.27. The molecule has 0 N–H and O–H groups in total. The van der Waals surface area contributed by atoms with E-state index >= 15 is 0 Å². The van der Waals surface area contributed by atoms with Crippen LogP contribution >= 0.6 is 0 Å². The van der Waals surface area contributed by atoms with Crippen LogP contribution in [0.15, 0.2) is 18.2 Å². The zero-order chi connectivity index (χ0) is 13.3. The van der Waals surface area contributed by atoms with Gasteiger partial charge in [-0.05, 0) is 30.2 Å². The highest BCUT2D eigenvalue weighted by Crippen LogP contribution is 2.22. The third kappa shape index (κ3) is 2.12. The van der Waals surface area contributed by atoms with E-state index in [1.165, 1.54) is 4.90 Å². The molecule has 1 aromatic rings. The quantitative estimate of drug-likeness (QED) is 0.742. The normalized spacial score (nSPS) is 19.2. The Labute approximate surface area is 106 Å². The van der Waals surface area contributed by atoms with Gasteiger partial charge in [0.05, 0.1) is 18.2 Å². The van der Waals surface area contributed by atoms with Crippen LogP contribution in [-0.4, -0.2) is 16.7 Å². The fourth-order valence-electron chi connectivity index (χ4n) is 2.13. The number of nitriles is 1. The molecule has 4 nitrogen and oxygen atoms in total. The van der Waals surface area contributed by atoms with E-state index in [0.717, 1.165) is 11.1 Å². The van der Waals surface area contributed by atoms with Crippen molar-refractivity contribution in [1.82, 2.24) is 4.90 Å². The Morgan fingerprint density at radius 2 is 2.17 bits per heavy atom. The van der Waals surface area contributed by atoms with Gasteiger partial charge in [0.1, 0.15) is 0 Å². The molecule has 2 rings (SSSR count). The highest BCUT2D eigenvalue weighted by molar-refractivity contribution is 6.03. The summed E-state index contributed by atoms with van der Waals surface area (Å²) in [5.41, 5.74) is 2.42. The van der Waals surface area contributed by atoms with Crippen LogP contribution in [0.25, 0.3) is 0 Å². The van der Waals surface area contributed by atoms with Crippen LogP contribution in [0.1, 0.15) is 30.0 Å². The van der Waals surface area contributed by atoms with Crippen LogP contribution in [0, 0.1) is 24.2 Å². The molecule has 1 saturated heterocycles.